The van der Waals surface area contributed by atoms with Gasteiger partial charge in [0.25, 0.3) is 0 Å². The molecule has 1 saturated heterocycles. The lowest BCUT2D eigenvalue weighted by Crippen LogP contribution is -2.43. The zero-order valence-corrected chi connectivity index (χ0v) is 9.95. The number of nitrogens with zero attached hydrogens (tertiary/aromatic N) is 1. The van der Waals surface area contributed by atoms with E-state index in [0.29, 0.717) is 5.92 Å². The van der Waals surface area contributed by atoms with Crippen LogP contribution < -0.4 is 5.32 Å². The molecular formula is C11H18N2S. The van der Waals surface area contributed by atoms with Gasteiger partial charge in [-0.25, -0.2) is 4.98 Å². The number of nitrogens with one attached hydrogen (secondary N) is 1. The van der Waals surface area contributed by atoms with Crippen molar-refractivity contribution in [1.82, 2.24) is 10.3 Å². The van der Waals surface area contributed by atoms with Gasteiger partial charge in [-0.1, -0.05) is 13.8 Å². The molecule has 0 aliphatic carbocycles. The fourth-order valence-corrected chi connectivity index (χ4v) is 3.03. The minimum atomic E-state index is 0.569. The molecule has 0 unspecified atom stereocenters. The summed E-state index contributed by atoms with van der Waals surface area (Å²) in [6.07, 6.45) is 1.17. The monoisotopic (exact) mass is 210 g/mol. The molecule has 3 heteroatoms. The van der Waals surface area contributed by atoms with Crippen molar-refractivity contribution in [2.24, 2.45) is 5.92 Å². The van der Waals surface area contributed by atoms with Crippen molar-refractivity contribution in [3.05, 3.63) is 15.6 Å². The Labute approximate surface area is 89.8 Å². The lowest BCUT2D eigenvalue weighted by Gasteiger charge is -2.25. The Morgan fingerprint density at radius 3 is 2.64 bits per heavy atom. The normalized spacial score (nSPS) is 17.4. The maximum Gasteiger partial charge on any atom is 0.0934 e. The molecular weight excluding hydrogens is 192 g/mol. The quantitative estimate of drug-likeness (QED) is 0.828. The second-order valence-electron chi connectivity index (χ2n) is 4.43. The SMILES string of the molecule is Cc1sc(CC2CNC2)nc1C(C)C. The summed E-state index contributed by atoms with van der Waals surface area (Å²) in [6.45, 7) is 8.98. The highest BCUT2D eigenvalue weighted by Crippen LogP contribution is 2.26. The summed E-state index contributed by atoms with van der Waals surface area (Å²) in [5, 5.41) is 4.63. The third kappa shape index (κ3) is 1.98. The van der Waals surface area contributed by atoms with E-state index >= 15 is 0 Å². The minimum Gasteiger partial charge on any atom is -0.316 e. The fraction of sp³-hybridized carbons (Fsp3) is 0.727. The standard InChI is InChI=1S/C11H18N2S/c1-7(2)11-8(3)14-10(13-11)4-9-5-12-6-9/h7,9,12H,4-6H2,1-3H3. The van der Waals surface area contributed by atoms with Crippen molar-refractivity contribution >= 4 is 11.3 Å². The number of rotatable bonds is 3. The number of aromatic nitrogens is 1. The smallest absolute Gasteiger partial charge is 0.0934 e. The molecule has 0 aromatic carbocycles. The molecule has 2 rings (SSSR count). The first kappa shape index (κ1) is 10.1. The van der Waals surface area contributed by atoms with Gasteiger partial charge in [0.05, 0.1) is 10.7 Å². The predicted molar refractivity (Wildman–Crippen MR) is 61.0 cm³/mol. The van der Waals surface area contributed by atoms with E-state index in [0.717, 1.165) is 5.92 Å². The van der Waals surface area contributed by atoms with Gasteiger partial charge in [0.15, 0.2) is 0 Å². The Morgan fingerprint density at radius 2 is 2.21 bits per heavy atom. The fourth-order valence-electron chi connectivity index (χ4n) is 1.83. The average Bonchev–Trinajstić information content (AvgIpc) is 2.39. The summed E-state index contributed by atoms with van der Waals surface area (Å²) >= 11 is 1.88. The van der Waals surface area contributed by atoms with Gasteiger partial charge in [-0.3, -0.25) is 0 Å². The Hall–Kier alpha value is -0.410. The highest BCUT2D eigenvalue weighted by atomic mass is 32.1. The maximum atomic E-state index is 4.72. The van der Waals surface area contributed by atoms with Crippen molar-refractivity contribution in [3.63, 3.8) is 0 Å². The van der Waals surface area contributed by atoms with E-state index in [-0.39, 0.29) is 0 Å². The Morgan fingerprint density at radius 1 is 1.50 bits per heavy atom. The molecule has 0 saturated carbocycles. The molecule has 0 atom stereocenters. The minimum absolute atomic E-state index is 0.569. The molecule has 0 bridgehead atoms. The topological polar surface area (TPSA) is 24.9 Å². The summed E-state index contributed by atoms with van der Waals surface area (Å²) in [5.74, 6) is 1.40. The second-order valence-corrected chi connectivity index (χ2v) is 5.72. The molecule has 0 radical (unpaired) electrons. The highest BCUT2D eigenvalue weighted by molar-refractivity contribution is 7.11. The van der Waals surface area contributed by atoms with Crippen LogP contribution in [0.4, 0.5) is 0 Å². The molecule has 2 heterocycles. The second kappa shape index (κ2) is 3.99. The zero-order chi connectivity index (χ0) is 10.1. The first-order valence-electron chi connectivity index (χ1n) is 5.33. The summed E-state index contributed by atoms with van der Waals surface area (Å²) in [4.78, 5) is 6.13. The zero-order valence-electron chi connectivity index (χ0n) is 9.13. The van der Waals surface area contributed by atoms with E-state index in [1.54, 1.807) is 0 Å². The van der Waals surface area contributed by atoms with Gasteiger partial charge in [0.1, 0.15) is 0 Å². The van der Waals surface area contributed by atoms with Crippen molar-refractivity contribution in [1.29, 1.82) is 0 Å². The van der Waals surface area contributed by atoms with E-state index < -0.39 is 0 Å². The van der Waals surface area contributed by atoms with E-state index in [9.17, 15) is 0 Å². The van der Waals surface area contributed by atoms with Gasteiger partial charge < -0.3 is 5.32 Å². The Balaban J connectivity index is 2.07. The van der Waals surface area contributed by atoms with Crippen LogP contribution in [-0.4, -0.2) is 18.1 Å². The lowest BCUT2D eigenvalue weighted by atomic mass is 10.00. The molecule has 14 heavy (non-hydrogen) atoms. The molecule has 1 aliphatic rings. The van der Waals surface area contributed by atoms with Crippen LogP contribution in [0.1, 0.15) is 35.3 Å². The largest absolute Gasteiger partial charge is 0.316 e. The number of thiazole rings is 1. The van der Waals surface area contributed by atoms with Gasteiger partial charge in [0.2, 0.25) is 0 Å². The Kier molecular flexibility index (Phi) is 2.88. The first-order valence-corrected chi connectivity index (χ1v) is 6.15. The molecule has 0 spiro atoms. The summed E-state index contributed by atoms with van der Waals surface area (Å²) < 4.78 is 0. The highest BCUT2D eigenvalue weighted by Gasteiger charge is 2.20. The summed E-state index contributed by atoms with van der Waals surface area (Å²) in [5.41, 5.74) is 1.30. The number of aryl methyl sites for hydroxylation is 1. The number of hydrogen-bond acceptors (Lipinski definition) is 3. The van der Waals surface area contributed by atoms with E-state index in [2.05, 4.69) is 26.1 Å². The van der Waals surface area contributed by atoms with Crippen LogP contribution in [0, 0.1) is 12.8 Å². The number of hydrogen-bond donors (Lipinski definition) is 1. The predicted octanol–water partition coefficient (Wildman–Crippen LogP) is 2.34. The Bertz CT molecular complexity index is 313. The lowest BCUT2D eigenvalue weighted by molar-refractivity contribution is 0.346. The van der Waals surface area contributed by atoms with Gasteiger partial charge in [-0.15, -0.1) is 11.3 Å². The summed E-state index contributed by atoms with van der Waals surface area (Å²) in [6, 6.07) is 0. The molecule has 2 nitrogen and oxygen atoms in total. The van der Waals surface area contributed by atoms with E-state index in [1.165, 1.54) is 35.1 Å². The molecule has 1 fully saturated rings. The van der Waals surface area contributed by atoms with E-state index in [4.69, 9.17) is 4.98 Å². The third-order valence-electron chi connectivity index (χ3n) is 2.75. The van der Waals surface area contributed by atoms with E-state index in [1.807, 2.05) is 11.3 Å². The molecule has 0 amide bonds. The third-order valence-corrected chi connectivity index (χ3v) is 3.76. The van der Waals surface area contributed by atoms with Gasteiger partial charge in [0, 0.05) is 11.3 Å². The van der Waals surface area contributed by atoms with Crippen LogP contribution in [0.25, 0.3) is 0 Å². The van der Waals surface area contributed by atoms with Crippen LogP contribution in [-0.2, 0) is 6.42 Å². The molecule has 1 N–H and O–H groups in total. The van der Waals surface area contributed by atoms with Gasteiger partial charge in [-0.2, -0.15) is 0 Å². The van der Waals surface area contributed by atoms with Crippen LogP contribution >= 0.6 is 11.3 Å². The first-order chi connectivity index (χ1) is 6.66. The van der Waals surface area contributed by atoms with Gasteiger partial charge in [-0.05, 0) is 31.8 Å². The van der Waals surface area contributed by atoms with Crippen molar-refractivity contribution < 1.29 is 0 Å². The van der Waals surface area contributed by atoms with Crippen LogP contribution in [0.3, 0.4) is 0 Å². The summed E-state index contributed by atoms with van der Waals surface area (Å²) in [7, 11) is 0. The van der Waals surface area contributed by atoms with Crippen LogP contribution in [0.15, 0.2) is 0 Å². The van der Waals surface area contributed by atoms with Crippen LogP contribution in [0.5, 0.6) is 0 Å². The maximum absolute atomic E-state index is 4.72. The van der Waals surface area contributed by atoms with Crippen LogP contribution in [0.2, 0.25) is 0 Å². The van der Waals surface area contributed by atoms with Crippen molar-refractivity contribution in [2.75, 3.05) is 13.1 Å². The molecule has 1 aromatic rings. The van der Waals surface area contributed by atoms with Crippen molar-refractivity contribution in [2.45, 2.75) is 33.1 Å². The molecule has 1 aliphatic heterocycles. The molecule has 1 aromatic heterocycles. The van der Waals surface area contributed by atoms with Gasteiger partial charge >= 0.3 is 0 Å². The average molecular weight is 210 g/mol. The molecule has 78 valence electrons. The van der Waals surface area contributed by atoms with Crippen molar-refractivity contribution in [3.8, 4) is 0 Å².